The number of rotatable bonds is 6. The number of ether oxygens (including phenoxy) is 1. The van der Waals surface area contributed by atoms with Crippen molar-refractivity contribution in [3.05, 3.63) is 46.2 Å². The second kappa shape index (κ2) is 7.17. The smallest absolute Gasteiger partial charge is 0.270 e. The number of carbonyl (C=O) groups is 1. The second-order valence-electron chi connectivity index (χ2n) is 4.65. The molecule has 2 aromatic rings. The molecule has 1 aromatic carbocycles. The van der Waals surface area contributed by atoms with Gasteiger partial charge in [-0.2, -0.15) is 0 Å². The quantitative estimate of drug-likeness (QED) is 0.890. The molecule has 4 nitrogen and oxygen atoms in total. The average molecular weight is 308 g/mol. The Kier molecular flexibility index (Phi) is 5.27. The summed E-state index contributed by atoms with van der Waals surface area (Å²) in [5.74, 6) is 0.0893. The maximum absolute atomic E-state index is 12.8. The fourth-order valence-corrected chi connectivity index (χ4v) is 2.24. The second-order valence-corrected chi connectivity index (χ2v) is 5.59. The highest BCUT2D eigenvalue weighted by atomic mass is 32.1. The van der Waals surface area contributed by atoms with E-state index in [1.807, 2.05) is 13.8 Å². The molecule has 0 bridgehead atoms. The molecule has 6 heteroatoms. The summed E-state index contributed by atoms with van der Waals surface area (Å²) in [6.07, 6.45) is 0.871. The van der Waals surface area contributed by atoms with Crippen molar-refractivity contribution in [1.82, 2.24) is 10.3 Å². The number of amides is 1. The first-order chi connectivity index (χ1) is 10.1. The Balaban J connectivity index is 1.91. The number of hydrogen-bond acceptors (Lipinski definition) is 4. The van der Waals surface area contributed by atoms with Gasteiger partial charge in [-0.1, -0.05) is 6.92 Å². The van der Waals surface area contributed by atoms with Gasteiger partial charge in [-0.15, -0.1) is 11.3 Å². The number of benzene rings is 1. The van der Waals surface area contributed by atoms with Crippen molar-refractivity contribution >= 4 is 17.2 Å². The molecule has 2 rings (SSSR count). The monoisotopic (exact) mass is 308 g/mol. The standard InChI is InChI=1S/C15H17FN2O2S/c1-3-10(2)17-15(19)13-9-21-14(18-13)8-20-12-6-4-11(16)5-7-12/h4-7,9-10H,3,8H2,1-2H3,(H,17,19). The largest absolute Gasteiger partial charge is 0.486 e. The molecule has 0 saturated carbocycles. The van der Waals surface area contributed by atoms with Crippen LogP contribution in [-0.4, -0.2) is 16.9 Å². The van der Waals surface area contributed by atoms with E-state index in [9.17, 15) is 9.18 Å². The first kappa shape index (κ1) is 15.4. The molecule has 1 unspecified atom stereocenters. The van der Waals surface area contributed by atoms with Crippen LogP contribution in [0.1, 0.15) is 35.8 Å². The molecular formula is C15H17FN2O2S. The first-order valence-corrected chi connectivity index (χ1v) is 7.60. The SMILES string of the molecule is CCC(C)NC(=O)c1csc(COc2ccc(F)cc2)n1. The molecule has 0 radical (unpaired) electrons. The molecule has 1 heterocycles. The number of aromatic nitrogens is 1. The minimum atomic E-state index is -0.305. The van der Waals surface area contributed by atoms with Crippen LogP contribution in [0.3, 0.4) is 0 Å². The van der Waals surface area contributed by atoms with E-state index in [-0.39, 0.29) is 24.4 Å². The molecule has 0 fully saturated rings. The van der Waals surface area contributed by atoms with Gasteiger partial charge >= 0.3 is 0 Å². The molecule has 1 N–H and O–H groups in total. The van der Waals surface area contributed by atoms with Gasteiger partial charge in [0, 0.05) is 11.4 Å². The van der Waals surface area contributed by atoms with Crippen molar-refractivity contribution in [2.45, 2.75) is 32.9 Å². The number of hydrogen-bond donors (Lipinski definition) is 1. The Morgan fingerprint density at radius 1 is 1.43 bits per heavy atom. The third kappa shape index (κ3) is 4.53. The lowest BCUT2D eigenvalue weighted by Gasteiger charge is -2.09. The fraction of sp³-hybridized carbons (Fsp3) is 0.333. The minimum Gasteiger partial charge on any atom is -0.486 e. The highest BCUT2D eigenvalue weighted by Crippen LogP contribution is 2.16. The number of nitrogens with one attached hydrogen (secondary N) is 1. The molecule has 0 saturated heterocycles. The van der Waals surface area contributed by atoms with E-state index in [4.69, 9.17) is 4.74 Å². The van der Waals surface area contributed by atoms with E-state index in [1.165, 1.54) is 23.5 Å². The van der Waals surface area contributed by atoms with Crippen LogP contribution < -0.4 is 10.1 Å². The van der Waals surface area contributed by atoms with Gasteiger partial charge in [0.15, 0.2) is 0 Å². The zero-order chi connectivity index (χ0) is 15.2. The topological polar surface area (TPSA) is 51.2 Å². The Bertz CT molecular complexity index is 598. The Hall–Kier alpha value is -1.95. The first-order valence-electron chi connectivity index (χ1n) is 6.72. The van der Waals surface area contributed by atoms with E-state index in [1.54, 1.807) is 17.5 Å². The van der Waals surface area contributed by atoms with Gasteiger partial charge in [-0.25, -0.2) is 9.37 Å². The molecule has 1 amide bonds. The lowest BCUT2D eigenvalue weighted by atomic mass is 10.2. The van der Waals surface area contributed by atoms with Crippen LogP contribution >= 0.6 is 11.3 Å². The zero-order valence-electron chi connectivity index (χ0n) is 11.9. The summed E-state index contributed by atoms with van der Waals surface area (Å²) in [5, 5.41) is 5.27. The van der Waals surface area contributed by atoms with Crippen molar-refractivity contribution < 1.29 is 13.9 Å². The summed E-state index contributed by atoms with van der Waals surface area (Å²) in [7, 11) is 0. The van der Waals surface area contributed by atoms with Crippen molar-refractivity contribution in [3.63, 3.8) is 0 Å². The third-order valence-corrected chi connectivity index (χ3v) is 3.77. The van der Waals surface area contributed by atoms with Crippen molar-refractivity contribution in [1.29, 1.82) is 0 Å². The third-order valence-electron chi connectivity index (χ3n) is 2.95. The fourth-order valence-electron chi connectivity index (χ4n) is 1.56. The van der Waals surface area contributed by atoms with E-state index in [0.29, 0.717) is 16.5 Å². The van der Waals surface area contributed by atoms with Crippen molar-refractivity contribution in [2.24, 2.45) is 0 Å². The highest BCUT2D eigenvalue weighted by molar-refractivity contribution is 7.09. The van der Waals surface area contributed by atoms with Gasteiger partial charge in [-0.05, 0) is 37.6 Å². The van der Waals surface area contributed by atoms with Gasteiger partial charge in [0.2, 0.25) is 0 Å². The van der Waals surface area contributed by atoms with Crippen LogP contribution in [0.2, 0.25) is 0 Å². The van der Waals surface area contributed by atoms with Crippen LogP contribution in [0.5, 0.6) is 5.75 Å². The predicted octanol–water partition coefficient (Wildman–Crippen LogP) is 3.39. The summed E-state index contributed by atoms with van der Waals surface area (Å²) in [5.41, 5.74) is 0.401. The van der Waals surface area contributed by atoms with E-state index in [2.05, 4.69) is 10.3 Å². The summed E-state index contributed by atoms with van der Waals surface area (Å²) in [4.78, 5) is 16.1. The molecule has 0 spiro atoms. The van der Waals surface area contributed by atoms with Gasteiger partial charge < -0.3 is 10.1 Å². The number of nitrogens with zero attached hydrogens (tertiary/aromatic N) is 1. The van der Waals surface area contributed by atoms with Gasteiger partial charge in [-0.3, -0.25) is 4.79 Å². The van der Waals surface area contributed by atoms with Crippen molar-refractivity contribution in [2.75, 3.05) is 0 Å². The van der Waals surface area contributed by atoms with Crippen LogP contribution in [0.25, 0.3) is 0 Å². The molecule has 1 aromatic heterocycles. The lowest BCUT2D eigenvalue weighted by Crippen LogP contribution is -2.32. The Labute approximate surface area is 127 Å². The summed E-state index contributed by atoms with van der Waals surface area (Å²) >= 11 is 1.36. The molecule has 0 aliphatic carbocycles. The van der Waals surface area contributed by atoms with Crippen LogP contribution in [-0.2, 0) is 6.61 Å². The Morgan fingerprint density at radius 2 is 2.14 bits per heavy atom. The molecule has 1 atom stereocenters. The minimum absolute atomic E-state index is 0.123. The van der Waals surface area contributed by atoms with Crippen LogP contribution in [0, 0.1) is 5.82 Å². The summed E-state index contributed by atoms with van der Waals surface area (Å²) < 4.78 is 18.3. The Morgan fingerprint density at radius 3 is 2.81 bits per heavy atom. The summed E-state index contributed by atoms with van der Waals surface area (Å²) in [6.45, 7) is 4.21. The predicted molar refractivity (Wildman–Crippen MR) is 80.1 cm³/mol. The maximum Gasteiger partial charge on any atom is 0.270 e. The zero-order valence-corrected chi connectivity index (χ0v) is 12.7. The molecule has 0 aliphatic heterocycles. The number of halogens is 1. The van der Waals surface area contributed by atoms with Crippen LogP contribution in [0.15, 0.2) is 29.6 Å². The van der Waals surface area contributed by atoms with E-state index < -0.39 is 0 Å². The molecule has 0 aliphatic rings. The van der Waals surface area contributed by atoms with Crippen LogP contribution in [0.4, 0.5) is 4.39 Å². The summed E-state index contributed by atoms with van der Waals surface area (Å²) in [6, 6.07) is 5.90. The average Bonchev–Trinajstić information content (AvgIpc) is 2.95. The maximum atomic E-state index is 12.8. The normalized spacial score (nSPS) is 12.0. The molecule has 112 valence electrons. The highest BCUT2D eigenvalue weighted by Gasteiger charge is 2.12. The lowest BCUT2D eigenvalue weighted by molar-refractivity contribution is 0.0934. The molecular weight excluding hydrogens is 291 g/mol. The van der Waals surface area contributed by atoms with Crippen molar-refractivity contribution in [3.8, 4) is 5.75 Å². The number of carbonyl (C=O) groups excluding carboxylic acids is 1. The van der Waals surface area contributed by atoms with E-state index in [0.717, 1.165) is 6.42 Å². The van der Waals surface area contributed by atoms with Gasteiger partial charge in [0.05, 0.1) is 0 Å². The molecule has 21 heavy (non-hydrogen) atoms. The van der Waals surface area contributed by atoms with E-state index >= 15 is 0 Å². The number of thiazole rings is 1. The van der Waals surface area contributed by atoms with Gasteiger partial charge in [0.25, 0.3) is 5.91 Å². The van der Waals surface area contributed by atoms with Gasteiger partial charge in [0.1, 0.15) is 28.9 Å².